The average molecular weight is 306 g/mol. The Morgan fingerprint density at radius 1 is 0.870 bits per heavy atom. The maximum absolute atomic E-state index is 12.7. The SMILES string of the molecule is CCC1=C(Nc2ccccc2)C(=O)N(Cc2ccccc2)C1=O. The maximum Gasteiger partial charge on any atom is 0.277 e. The van der Waals surface area contributed by atoms with Crippen molar-refractivity contribution in [1.82, 2.24) is 4.90 Å². The van der Waals surface area contributed by atoms with Gasteiger partial charge in [-0.2, -0.15) is 0 Å². The van der Waals surface area contributed by atoms with Gasteiger partial charge >= 0.3 is 0 Å². The lowest BCUT2D eigenvalue weighted by atomic mass is 10.1. The molecule has 0 unspecified atom stereocenters. The molecule has 2 aromatic rings. The number of carbonyl (C=O) groups excluding carboxylic acids is 2. The van der Waals surface area contributed by atoms with Gasteiger partial charge in [-0.25, -0.2) is 0 Å². The molecule has 4 heteroatoms. The predicted molar refractivity (Wildman–Crippen MR) is 89.4 cm³/mol. The standard InChI is InChI=1S/C19H18N2O2/c1-2-16-17(20-15-11-7-4-8-12-15)19(23)21(18(16)22)13-14-9-5-3-6-10-14/h3-12,20H,2,13H2,1H3. The van der Waals surface area contributed by atoms with Crippen LogP contribution < -0.4 is 5.32 Å². The van der Waals surface area contributed by atoms with E-state index < -0.39 is 0 Å². The molecule has 0 aliphatic carbocycles. The largest absolute Gasteiger partial charge is 0.351 e. The highest BCUT2D eigenvalue weighted by molar-refractivity contribution is 6.20. The van der Waals surface area contributed by atoms with Crippen molar-refractivity contribution >= 4 is 17.5 Å². The van der Waals surface area contributed by atoms with Crippen molar-refractivity contribution in [3.8, 4) is 0 Å². The van der Waals surface area contributed by atoms with Gasteiger partial charge in [0.2, 0.25) is 0 Å². The fourth-order valence-corrected chi connectivity index (χ4v) is 2.66. The molecule has 23 heavy (non-hydrogen) atoms. The second-order valence-corrected chi connectivity index (χ2v) is 5.38. The summed E-state index contributed by atoms with van der Waals surface area (Å²) in [4.78, 5) is 26.5. The monoisotopic (exact) mass is 306 g/mol. The first-order chi connectivity index (χ1) is 11.2. The molecule has 1 heterocycles. The molecule has 0 fully saturated rings. The smallest absolute Gasteiger partial charge is 0.277 e. The molecule has 0 aromatic heterocycles. The Labute approximate surface area is 135 Å². The average Bonchev–Trinajstić information content (AvgIpc) is 2.81. The van der Waals surface area contributed by atoms with E-state index in [1.165, 1.54) is 4.90 Å². The van der Waals surface area contributed by atoms with Crippen molar-refractivity contribution in [2.24, 2.45) is 0 Å². The Morgan fingerprint density at radius 3 is 2.09 bits per heavy atom. The first-order valence-electron chi connectivity index (χ1n) is 7.66. The quantitative estimate of drug-likeness (QED) is 0.862. The van der Waals surface area contributed by atoms with Gasteiger partial charge in [-0.15, -0.1) is 0 Å². The van der Waals surface area contributed by atoms with E-state index in [2.05, 4.69) is 5.32 Å². The molecule has 0 bridgehead atoms. The third-order valence-electron chi connectivity index (χ3n) is 3.84. The Balaban J connectivity index is 1.85. The Hall–Kier alpha value is -2.88. The van der Waals surface area contributed by atoms with Crippen molar-refractivity contribution in [3.63, 3.8) is 0 Å². The molecule has 1 aliphatic rings. The van der Waals surface area contributed by atoms with Gasteiger partial charge in [0.15, 0.2) is 0 Å². The summed E-state index contributed by atoms with van der Waals surface area (Å²) in [6.45, 7) is 2.18. The van der Waals surface area contributed by atoms with Gasteiger partial charge in [-0.3, -0.25) is 14.5 Å². The molecule has 1 N–H and O–H groups in total. The van der Waals surface area contributed by atoms with Gasteiger partial charge in [0.1, 0.15) is 5.70 Å². The van der Waals surface area contributed by atoms with Crippen molar-refractivity contribution in [1.29, 1.82) is 0 Å². The van der Waals surface area contributed by atoms with Gasteiger partial charge in [-0.1, -0.05) is 55.5 Å². The fourth-order valence-electron chi connectivity index (χ4n) is 2.66. The van der Waals surface area contributed by atoms with Crippen LogP contribution in [0.15, 0.2) is 71.9 Å². The minimum absolute atomic E-state index is 0.209. The number of benzene rings is 2. The van der Waals surface area contributed by atoms with Gasteiger partial charge in [-0.05, 0) is 24.1 Å². The summed E-state index contributed by atoms with van der Waals surface area (Å²) in [5.41, 5.74) is 2.66. The van der Waals surface area contributed by atoms with Crippen LogP contribution >= 0.6 is 0 Å². The Kier molecular flexibility index (Phi) is 4.24. The third-order valence-corrected chi connectivity index (χ3v) is 3.84. The van der Waals surface area contributed by atoms with Crippen LogP contribution in [0.1, 0.15) is 18.9 Å². The molecule has 4 nitrogen and oxygen atoms in total. The van der Waals surface area contributed by atoms with Crippen LogP contribution in [0.4, 0.5) is 5.69 Å². The fraction of sp³-hybridized carbons (Fsp3) is 0.158. The molecular weight excluding hydrogens is 288 g/mol. The number of nitrogens with one attached hydrogen (secondary N) is 1. The molecule has 2 aromatic carbocycles. The van der Waals surface area contributed by atoms with E-state index in [-0.39, 0.29) is 11.8 Å². The predicted octanol–water partition coefficient (Wildman–Crippen LogP) is 3.33. The van der Waals surface area contributed by atoms with Gasteiger partial charge in [0.05, 0.1) is 6.54 Å². The Morgan fingerprint density at radius 2 is 1.48 bits per heavy atom. The van der Waals surface area contributed by atoms with Crippen molar-refractivity contribution in [2.45, 2.75) is 19.9 Å². The lowest BCUT2D eigenvalue weighted by molar-refractivity contribution is -0.138. The normalized spacial score (nSPS) is 14.6. The first kappa shape index (κ1) is 15.0. The summed E-state index contributed by atoms with van der Waals surface area (Å²) in [5, 5.41) is 3.11. The van der Waals surface area contributed by atoms with Gasteiger partial charge in [0.25, 0.3) is 11.8 Å². The summed E-state index contributed by atoms with van der Waals surface area (Å²) >= 11 is 0. The van der Waals surface area contributed by atoms with E-state index in [1.54, 1.807) is 0 Å². The molecule has 0 saturated heterocycles. The van der Waals surface area contributed by atoms with Gasteiger partial charge in [0, 0.05) is 11.3 Å². The zero-order valence-electron chi connectivity index (χ0n) is 13.0. The molecule has 0 spiro atoms. The zero-order chi connectivity index (χ0) is 16.2. The number of para-hydroxylation sites is 1. The minimum atomic E-state index is -0.264. The zero-order valence-corrected chi connectivity index (χ0v) is 13.0. The van der Waals surface area contributed by atoms with Crippen LogP contribution in [-0.4, -0.2) is 16.7 Å². The number of rotatable bonds is 5. The summed E-state index contributed by atoms with van der Waals surface area (Å²) in [6.07, 6.45) is 0.519. The molecule has 0 saturated carbocycles. The summed E-state index contributed by atoms with van der Waals surface area (Å²) in [5.74, 6) is -0.473. The lowest BCUT2D eigenvalue weighted by Gasteiger charge is -2.15. The number of amides is 2. The molecule has 0 atom stereocenters. The summed E-state index contributed by atoms with van der Waals surface area (Å²) in [6, 6.07) is 19.0. The Bertz CT molecular complexity index is 751. The number of anilines is 1. The molecular formula is C19H18N2O2. The molecule has 116 valence electrons. The van der Waals surface area contributed by atoms with Crippen molar-refractivity contribution < 1.29 is 9.59 Å². The van der Waals surface area contributed by atoms with Crippen LogP contribution in [0.2, 0.25) is 0 Å². The number of imide groups is 1. The summed E-state index contributed by atoms with van der Waals surface area (Å²) < 4.78 is 0. The van der Waals surface area contributed by atoms with Crippen molar-refractivity contribution in [3.05, 3.63) is 77.5 Å². The molecule has 3 rings (SSSR count). The second-order valence-electron chi connectivity index (χ2n) is 5.38. The van der Waals surface area contributed by atoms with Crippen LogP contribution in [0.25, 0.3) is 0 Å². The highest BCUT2D eigenvalue weighted by atomic mass is 16.2. The van der Waals surface area contributed by atoms with Crippen LogP contribution in [0, 0.1) is 0 Å². The van der Waals surface area contributed by atoms with E-state index in [9.17, 15) is 9.59 Å². The minimum Gasteiger partial charge on any atom is -0.351 e. The van der Waals surface area contributed by atoms with Crippen molar-refractivity contribution in [2.75, 3.05) is 5.32 Å². The van der Waals surface area contributed by atoms with E-state index >= 15 is 0 Å². The first-order valence-corrected chi connectivity index (χ1v) is 7.66. The number of hydrogen-bond donors (Lipinski definition) is 1. The number of hydrogen-bond acceptors (Lipinski definition) is 3. The van der Waals surface area contributed by atoms with Crippen LogP contribution in [0.3, 0.4) is 0 Å². The van der Waals surface area contributed by atoms with Gasteiger partial charge < -0.3 is 5.32 Å². The van der Waals surface area contributed by atoms with E-state index in [4.69, 9.17) is 0 Å². The summed E-state index contributed by atoms with van der Waals surface area (Å²) in [7, 11) is 0. The molecule has 1 aliphatic heterocycles. The third kappa shape index (κ3) is 3.01. The number of nitrogens with zero attached hydrogens (tertiary/aromatic N) is 1. The molecule has 0 radical (unpaired) electrons. The highest BCUT2D eigenvalue weighted by Gasteiger charge is 2.37. The molecule has 2 amide bonds. The lowest BCUT2D eigenvalue weighted by Crippen LogP contribution is -2.32. The van der Waals surface area contributed by atoms with E-state index in [0.29, 0.717) is 24.2 Å². The topological polar surface area (TPSA) is 49.4 Å². The number of carbonyl (C=O) groups is 2. The van der Waals surface area contributed by atoms with Crippen LogP contribution in [0.5, 0.6) is 0 Å². The van der Waals surface area contributed by atoms with Crippen LogP contribution in [-0.2, 0) is 16.1 Å². The highest BCUT2D eigenvalue weighted by Crippen LogP contribution is 2.26. The maximum atomic E-state index is 12.7. The van der Waals surface area contributed by atoms with E-state index in [1.807, 2.05) is 67.6 Å². The van der Waals surface area contributed by atoms with E-state index in [0.717, 1.165) is 11.3 Å². The second kappa shape index (κ2) is 6.48.